The molecule has 0 amide bonds. The van der Waals surface area contributed by atoms with E-state index in [0.717, 1.165) is 114 Å². The highest BCUT2D eigenvalue weighted by atomic mass is 32.1. The van der Waals surface area contributed by atoms with Gasteiger partial charge in [-0.25, -0.2) is 15.0 Å². The van der Waals surface area contributed by atoms with Gasteiger partial charge in [0.2, 0.25) is 0 Å². The number of ketones is 1. The molecule has 6 aromatic heterocycles. The van der Waals surface area contributed by atoms with Crippen LogP contribution in [0.1, 0.15) is 54.4 Å². The highest BCUT2D eigenvalue weighted by molar-refractivity contribution is 7.17. The van der Waals surface area contributed by atoms with Crippen molar-refractivity contribution in [2.45, 2.75) is 64.8 Å². The van der Waals surface area contributed by atoms with Gasteiger partial charge >= 0.3 is 11.9 Å². The fourth-order valence-electron chi connectivity index (χ4n) is 8.02. The summed E-state index contributed by atoms with van der Waals surface area (Å²) in [7, 11) is 5.55. The van der Waals surface area contributed by atoms with Gasteiger partial charge in [-0.05, 0) is 133 Å². The number of benzene rings is 3. The number of hydrogen-bond donors (Lipinski definition) is 5. The lowest BCUT2D eigenvalue weighted by molar-refractivity contribution is -0.138. The largest absolute Gasteiger partial charge is 0.493 e. The van der Waals surface area contributed by atoms with Gasteiger partial charge in [0, 0.05) is 110 Å². The second-order valence-corrected chi connectivity index (χ2v) is 18.3. The molecule has 3 aromatic carbocycles. The molecule has 9 aromatic rings. The Hall–Kier alpha value is -8.44. The molecule has 0 spiro atoms. The Labute approximate surface area is 439 Å². The summed E-state index contributed by atoms with van der Waals surface area (Å²) in [4.78, 5) is 46.0. The van der Waals surface area contributed by atoms with Gasteiger partial charge in [-0.3, -0.25) is 9.59 Å². The molecule has 75 heavy (non-hydrogen) atoms. The zero-order valence-electron chi connectivity index (χ0n) is 42.6. The predicted octanol–water partition coefficient (Wildman–Crippen LogP) is 11.2. The number of fused-ring (bicyclic) bond motifs is 3. The number of Topliss-reactive ketones (excluding diaryl/α,β-unsaturated/α-hetero) is 1. The van der Waals surface area contributed by atoms with Gasteiger partial charge in [0.05, 0.1) is 32.5 Å². The van der Waals surface area contributed by atoms with Gasteiger partial charge in [-0.2, -0.15) is 0 Å². The number of aryl methyl sites for hydroxylation is 3. The summed E-state index contributed by atoms with van der Waals surface area (Å²) in [5, 5.41) is 31.9. The summed E-state index contributed by atoms with van der Waals surface area (Å²) in [6.07, 6.45) is 7.90. The normalized spacial score (nSPS) is 10.8. The van der Waals surface area contributed by atoms with Crippen LogP contribution in [0.2, 0.25) is 0 Å². The third-order valence-corrected chi connectivity index (χ3v) is 13.0. The molecule has 0 unspecified atom stereocenters. The van der Waals surface area contributed by atoms with Gasteiger partial charge in [0.1, 0.15) is 46.1 Å². The van der Waals surface area contributed by atoms with Crippen molar-refractivity contribution in [2.75, 3.05) is 56.9 Å². The van der Waals surface area contributed by atoms with E-state index in [4.69, 9.17) is 28.8 Å². The first-order chi connectivity index (χ1) is 36.5. The number of hydrogen-bond acceptors (Lipinski definition) is 14. The summed E-state index contributed by atoms with van der Waals surface area (Å²) in [5.74, 6) is 3.57. The first-order valence-electron chi connectivity index (χ1n) is 24.8. The number of anilines is 3. The fraction of sp³-hybridized carbons (Fsp3) is 0.276. The lowest BCUT2D eigenvalue weighted by atomic mass is 10.1. The van der Waals surface area contributed by atoms with Gasteiger partial charge in [-0.1, -0.05) is 18.2 Å². The lowest BCUT2D eigenvalue weighted by Gasteiger charge is -2.08. The number of ether oxygens (including phenoxy) is 3. The van der Waals surface area contributed by atoms with Crippen LogP contribution in [0, 0.1) is 0 Å². The van der Waals surface area contributed by atoms with Crippen LogP contribution < -0.4 is 30.2 Å². The zero-order chi connectivity index (χ0) is 52.9. The minimum absolute atomic E-state index is 0.112. The van der Waals surface area contributed by atoms with Crippen LogP contribution in [-0.4, -0.2) is 88.4 Å². The molecule has 9 rings (SSSR count). The van der Waals surface area contributed by atoms with E-state index in [0.29, 0.717) is 45.6 Å². The maximum atomic E-state index is 11.1. The molecular formula is C58H63N7O9S. The van der Waals surface area contributed by atoms with Crippen molar-refractivity contribution in [1.29, 1.82) is 0 Å². The molecule has 0 saturated carbocycles. The molecule has 0 saturated heterocycles. The Kier molecular flexibility index (Phi) is 20.0. The minimum atomic E-state index is -0.794. The maximum absolute atomic E-state index is 11.1. The third-order valence-electron chi connectivity index (χ3n) is 12.0. The smallest absolute Gasteiger partial charge is 0.305 e. The summed E-state index contributed by atoms with van der Waals surface area (Å²) < 4.78 is 26.2. The van der Waals surface area contributed by atoms with E-state index in [9.17, 15) is 14.4 Å². The average Bonchev–Trinajstić information content (AvgIpc) is 4.16. The highest BCUT2D eigenvalue weighted by Gasteiger charge is 2.11. The third kappa shape index (κ3) is 16.5. The summed E-state index contributed by atoms with van der Waals surface area (Å²) in [6.45, 7) is 3.72. The van der Waals surface area contributed by atoms with Crippen molar-refractivity contribution in [3.05, 3.63) is 161 Å². The molecule has 0 aliphatic heterocycles. The highest BCUT2D eigenvalue weighted by Crippen LogP contribution is 2.31. The monoisotopic (exact) mass is 1030 g/mol. The lowest BCUT2D eigenvalue weighted by Crippen LogP contribution is -2.04. The van der Waals surface area contributed by atoms with Crippen LogP contribution >= 0.6 is 11.3 Å². The summed E-state index contributed by atoms with van der Waals surface area (Å²) >= 11 is 1.62. The number of carboxylic acids is 2. The number of rotatable bonds is 24. The van der Waals surface area contributed by atoms with E-state index in [1.807, 2.05) is 153 Å². The Morgan fingerprint density at radius 2 is 1.11 bits per heavy atom. The van der Waals surface area contributed by atoms with E-state index in [-0.39, 0.29) is 18.6 Å². The maximum Gasteiger partial charge on any atom is 0.305 e. The van der Waals surface area contributed by atoms with E-state index >= 15 is 0 Å². The molecule has 0 aliphatic carbocycles. The van der Waals surface area contributed by atoms with E-state index in [1.54, 1.807) is 24.5 Å². The number of aromatic nitrogens is 4. The first kappa shape index (κ1) is 54.3. The van der Waals surface area contributed by atoms with Gasteiger partial charge in [0.15, 0.2) is 0 Å². The molecule has 5 N–H and O–H groups in total. The Bertz CT molecular complexity index is 2970. The summed E-state index contributed by atoms with van der Waals surface area (Å²) in [6, 6.07) is 37.3. The predicted molar refractivity (Wildman–Crippen MR) is 296 cm³/mol. The van der Waals surface area contributed by atoms with Crippen LogP contribution in [-0.2, 0) is 53.0 Å². The van der Waals surface area contributed by atoms with Gasteiger partial charge in [-0.15, -0.1) is 11.3 Å². The Morgan fingerprint density at radius 3 is 1.65 bits per heavy atom. The van der Waals surface area contributed by atoms with Crippen molar-refractivity contribution < 1.29 is 43.2 Å². The Balaban J connectivity index is 0.000000164. The van der Waals surface area contributed by atoms with E-state index in [1.165, 1.54) is 0 Å². The molecule has 6 heterocycles. The van der Waals surface area contributed by atoms with E-state index in [2.05, 4.69) is 30.9 Å². The zero-order valence-corrected chi connectivity index (χ0v) is 43.5. The van der Waals surface area contributed by atoms with Crippen molar-refractivity contribution >= 4 is 78.5 Å². The fourth-order valence-corrected chi connectivity index (χ4v) is 9.04. The second-order valence-electron chi connectivity index (χ2n) is 17.4. The van der Waals surface area contributed by atoms with Crippen LogP contribution in [0.5, 0.6) is 17.2 Å². The molecule has 17 heteroatoms. The van der Waals surface area contributed by atoms with Gasteiger partial charge < -0.3 is 54.2 Å². The number of pyridine rings is 3. The summed E-state index contributed by atoms with van der Waals surface area (Å²) in [5.41, 5.74) is 6.89. The topological polar surface area (TPSA) is 212 Å². The van der Waals surface area contributed by atoms with Crippen molar-refractivity contribution in [3.63, 3.8) is 0 Å². The standard InChI is InChI=1S/C20H22N2O3.C19H21N3O3.C19H20N2O3S/c1-14(23)6-7-15-13-25-19-12-17(8-9-18(15)19)24-11-10-16-4-3-5-20(21-2)22-16;1-20-18-4-2-3-15(21-18)9-12-25-16-5-6-17-14(13-16)7-10-22(17)11-8-19(23)24;1-20-18-4-2-3-14(21-18)9-10-24-15-6-7-16-13(5-8-19(22)23)12-25-17(16)11-15/h3-5,8-9,12-13H,6-7,10-11H2,1-2H3,(H,21,22);2-7,10,13H,8-9,11-12H2,1H3,(H,20,21)(H,23,24);2-4,6-7,11-12H,5,8-10H2,1H3,(H,20,21)(H,22,23). The number of carbonyl (C=O) groups excluding carboxylic acids is 1. The second kappa shape index (κ2) is 27.6. The number of furan rings is 1. The van der Waals surface area contributed by atoms with Crippen molar-refractivity contribution in [3.8, 4) is 17.2 Å². The van der Waals surface area contributed by atoms with Crippen molar-refractivity contribution in [1.82, 2.24) is 19.5 Å². The number of carboxylic acid groups (broad SMARTS) is 2. The molecule has 390 valence electrons. The number of carbonyl (C=O) groups is 3. The quantitative estimate of drug-likeness (QED) is 0.0381. The van der Waals surface area contributed by atoms with Crippen LogP contribution in [0.3, 0.4) is 0 Å². The molecule has 0 fully saturated rings. The molecule has 0 radical (unpaired) electrons. The van der Waals surface area contributed by atoms with Crippen LogP contribution in [0.15, 0.2) is 138 Å². The molecule has 0 atom stereocenters. The van der Waals surface area contributed by atoms with Crippen molar-refractivity contribution in [2.24, 2.45) is 0 Å². The van der Waals surface area contributed by atoms with Crippen LogP contribution in [0.4, 0.5) is 17.5 Å². The molecular weight excluding hydrogens is 971 g/mol. The number of thiophene rings is 1. The average molecular weight is 1030 g/mol. The number of nitrogens with zero attached hydrogens (tertiary/aromatic N) is 4. The number of aliphatic carboxylic acids is 2. The molecule has 0 aliphatic rings. The number of nitrogens with one attached hydrogen (secondary N) is 3. The molecule has 16 nitrogen and oxygen atoms in total. The van der Waals surface area contributed by atoms with E-state index < -0.39 is 11.9 Å². The Morgan fingerprint density at radius 1 is 0.587 bits per heavy atom. The van der Waals surface area contributed by atoms with Crippen LogP contribution in [0.25, 0.3) is 32.0 Å². The first-order valence-corrected chi connectivity index (χ1v) is 25.7. The SMILES string of the molecule is CNc1cccc(CCOc2ccc3c(CCC(=O)O)csc3c2)n1.CNc1cccc(CCOc2ccc3c(CCC(C)=O)coc3c2)n1.CNc1cccc(CCOc2ccc3c(ccn3CCC(=O)O)c2)n1. The minimum Gasteiger partial charge on any atom is -0.493 e. The molecule has 0 bridgehead atoms. The van der Waals surface area contributed by atoms with Gasteiger partial charge in [0.25, 0.3) is 0 Å².